The summed E-state index contributed by atoms with van der Waals surface area (Å²) in [7, 11) is 1.72. The molecule has 0 aromatic heterocycles. The van der Waals surface area contributed by atoms with Gasteiger partial charge in [0.05, 0.1) is 7.11 Å². The standard InChI is InChI=1S/C17H26N2O/c1-20-16-6-4-15(5-7-16)3-2-11-19-12-9-17(14-19)8-10-18-13-17/h4-7,18H,2-3,8-14H2,1H3. The van der Waals surface area contributed by atoms with Gasteiger partial charge in [0.1, 0.15) is 5.75 Å². The first-order chi connectivity index (χ1) is 9.80. The topological polar surface area (TPSA) is 24.5 Å². The van der Waals surface area contributed by atoms with E-state index in [0.717, 1.165) is 5.75 Å². The number of rotatable bonds is 5. The van der Waals surface area contributed by atoms with Gasteiger partial charge in [0.2, 0.25) is 0 Å². The summed E-state index contributed by atoms with van der Waals surface area (Å²) in [5.41, 5.74) is 2.03. The molecular formula is C17H26N2O. The highest BCUT2D eigenvalue weighted by Gasteiger charge is 2.39. The summed E-state index contributed by atoms with van der Waals surface area (Å²) >= 11 is 0. The summed E-state index contributed by atoms with van der Waals surface area (Å²) in [6.45, 7) is 6.31. The molecule has 1 aromatic rings. The van der Waals surface area contributed by atoms with Crippen molar-refractivity contribution >= 4 is 0 Å². The Kier molecular flexibility index (Phi) is 4.27. The van der Waals surface area contributed by atoms with Crippen LogP contribution in [0, 0.1) is 5.41 Å². The number of methoxy groups -OCH3 is 1. The van der Waals surface area contributed by atoms with Gasteiger partial charge in [0, 0.05) is 13.1 Å². The maximum absolute atomic E-state index is 5.19. The Morgan fingerprint density at radius 1 is 1.25 bits per heavy atom. The average Bonchev–Trinajstić information content (AvgIpc) is 3.10. The molecule has 0 bridgehead atoms. The minimum absolute atomic E-state index is 0.611. The van der Waals surface area contributed by atoms with Gasteiger partial charge in [-0.05, 0) is 68.4 Å². The molecule has 110 valence electrons. The molecule has 1 aromatic carbocycles. The Hall–Kier alpha value is -1.06. The van der Waals surface area contributed by atoms with Crippen LogP contribution in [0.1, 0.15) is 24.8 Å². The minimum Gasteiger partial charge on any atom is -0.497 e. The van der Waals surface area contributed by atoms with Crippen molar-refractivity contribution in [3.05, 3.63) is 29.8 Å². The summed E-state index contributed by atoms with van der Waals surface area (Å²) in [5.74, 6) is 0.948. The van der Waals surface area contributed by atoms with E-state index in [-0.39, 0.29) is 0 Å². The molecule has 2 aliphatic heterocycles. The summed E-state index contributed by atoms with van der Waals surface area (Å²) in [4.78, 5) is 2.66. The summed E-state index contributed by atoms with van der Waals surface area (Å²) in [5, 5.41) is 3.53. The second-order valence-electron chi connectivity index (χ2n) is 6.40. The van der Waals surface area contributed by atoms with Gasteiger partial charge in [-0.1, -0.05) is 12.1 Å². The Morgan fingerprint density at radius 3 is 2.80 bits per heavy atom. The molecule has 2 saturated heterocycles. The molecule has 20 heavy (non-hydrogen) atoms. The van der Waals surface area contributed by atoms with E-state index in [1.807, 2.05) is 0 Å². The van der Waals surface area contributed by atoms with Gasteiger partial charge in [0.25, 0.3) is 0 Å². The highest BCUT2D eigenvalue weighted by molar-refractivity contribution is 5.27. The second kappa shape index (κ2) is 6.15. The monoisotopic (exact) mass is 274 g/mol. The van der Waals surface area contributed by atoms with Gasteiger partial charge in [-0.2, -0.15) is 0 Å². The van der Waals surface area contributed by atoms with E-state index in [0.29, 0.717) is 5.41 Å². The van der Waals surface area contributed by atoms with E-state index in [9.17, 15) is 0 Å². The molecule has 3 heteroatoms. The van der Waals surface area contributed by atoms with Gasteiger partial charge < -0.3 is 15.0 Å². The molecule has 1 spiro atoms. The lowest BCUT2D eigenvalue weighted by atomic mass is 9.87. The number of benzene rings is 1. The molecule has 0 saturated carbocycles. The van der Waals surface area contributed by atoms with Crippen molar-refractivity contribution in [3.8, 4) is 5.75 Å². The first-order valence-electron chi connectivity index (χ1n) is 7.86. The molecule has 2 heterocycles. The van der Waals surface area contributed by atoms with Crippen molar-refractivity contribution in [2.75, 3.05) is 39.8 Å². The number of hydrogen-bond acceptors (Lipinski definition) is 3. The fourth-order valence-corrected chi connectivity index (χ4v) is 3.66. The molecular weight excluding hydrogens is 248 g/mol. The van der Waals surface area contributed by atoms with E-state index in [4.69, 9.17) is 4.74 Å². The van der Waals surface area contributed by atoms with Gasteiger partial charge >= 0.3 is 0 Å². The minimum atomic E-state index is 0.611. The quantitative estimate of drug-likeness (QED) is 0.892. The highest BCUT2D eigenvalue weighted by Crippen LogP contribution is 2.35. The van der Waals surface area contributed by atoms with Crippen molar-refractivity contribution in [2.24, 2.45) is 5.41 Å². The molecule has 0 radical (unpaired) electrons. The van der Waals surface area contributed by atoms with E-state index in [1.54, 1.807) is 7.11 Å². The highest BCUT2D eigenvalue weighted by atomic mass is 16.5. The summed E-state index contributed by atoms with van der Waals surface area (Å²) in [6.07, 6.45) is 5.20. The molecule has 0 amide bonds. The number of nitrogens with one attached hydrogen (secondary N) is 1. The van der Waals surface area contributed by atoms with Gasteiger partial charge in [-0.25, -0.2) is 0 Å². The number of aryl methyl sites for hydroxylation is 1. The fraction of sp³-hybridized carbons (Fsp3) is 0.647. The van der Waals surface area contributed by atoms with Crippen molar-refractivity contribution in [2.45, 2.75) is 25.7 Å². The van der Waals surface area contributed by atoms with Crippen LogP contribution in [0.25, 0.3) is 0 Å². The van der Waals surface area contributed by atoms with Crippen LogP contribution in [0.5, 0.6) is 5.75 Å². The first-order valence-corrected chi connectivity index (χ1v) is 7.86. The van der Waals surface area contributed by atoms with Crippen LogP contribution >= 0.6 is 0 Å². The average molecular weight is 274 g/mol. The third-order valence-corrected chi connectivity index (χ3v) is 4.95. The summed E-state index contributed by atoms with van der Waals surface area (Å²) < 4.78 is 5.19. The largest absolute Gasteiger partial charge is 0.497 e. The smallest absolute Gasteiger partial charge is 0.118 e. The zero-order chi connectivity index (χ0) is 13.8. The van der Waals surface area contributed by atoms with Gasteiger partial charge in [0.15, 0.2) is 0 Å². The zero-order valence-electron chi connectivity index (χ0n) is 12.5. The molecule has 2 fully saturated rings. The van der Waals surface area contributed by atoms with Crippen molar-refractivity contribution in [1.29, 1.82) is 0 Å². The van der Waals surface area contributed by atoms with Crippen LogP contribution in [0.15, 0.2) is 24.3 Å². The van der Waals surface area contributed by atoms with E-state index in [2.05, 4.69) is 34.5 Å². The lowest BCUT2D eigenvalue weighted by molar-refractivity contribution is 0.272. The molecule has 3 rings (SSSR count). The lowest BCUT2D eigenvalue weighted by Crippen LogP contribution is -2.29. The van der Waals surface area contributed by atoms with E-state index >= 15 is 0 Å². The Bertz CT molecular complexity index is 423. The van der Waals surface area contributed by atoms with Gasteiger partial charge in [-0.3, -0.25) is 0 Å². The predicted octanol–water partition coefficient (Wildman–Crippen LogP) is 2.31. The van der Waals surface area contributed by atoms with Crippen LogP contribution in [0.2, 0.25) is 0 Å². The third kappa shape index (κ3) is 3.15. The van der Waals surface area contributed by atoms with Crippen molar-refractivity contribution in [3.63, 3.8) is 0 Å². The predicted molar refractivity (Wildman–Crippen MR) is 82.3 cm³/mol. The second-order valence-corrected chi connectivity index (χ2v) is 6.40. The Balaban J connectivity index is 1.41. The van der Waals surface area contributed by atoms with E-state index in [1.165, 1.54) is 64.0 Å². The molecule has 3 nitrogen and oxygen atoms in total. The van der Waals surface area contributed by atoms with Crippen molar-refractivity contribution in [1.82, 2.24) is 10.2 Å². The number of likely N-dealkylation sites (tertiary alicyclic amines) is 1. The van der Waals surface area contributed by atoms with E-state index < -0.39 is 0 Å². The number of nitrogens with zero attached hydrogens (tertiary/aromatic N) is 1. The Morgan fingerprint density at radius 2 is 2.10 bits per heavy atom. The van der Waals surface area contributed by atoms with Crippen LogP contribution < -0.4 is 10.1 Å². The third-order valence-electron chi connectivity index (χ3n) is 4.95. The maximum Gasteiger partial charge on any atom is 0.118 e. The molecule has 0 aliphatic carbocycles. The van der Waals surface area contributed by atoms with Crippen LogP contribution in [0.4, 0.5) is 0 Å². The van der Waals surface area contributed by atoms with Crippen LogP contribution in [-0.2, 0) is 6.42 Å². The fourth-order valence-electron chi connectivity index (χ4n) is 3.66. The molecule has 1 unspecified atom stereocenters. The molecule has 2 aliphatic rings. The normalized spacial score (nSPS) is 26.4. The number of ether oxygens (including phenoxy) is 1. The van der Waals surface area contributed by atoms with Crippen LogP contribution in [-0.4, -0.2) is 44.7 Å². The first kappa shape index (κ1) is 13.9. The lowest BCUT2D eigenvalue weighted by Gasteiger charge is -2.22. The van der Waals surface area contributed by atoms with Crippen molar-refractivity contribution < 1.29 is 4.74 Å². The Labute approximate surface area is 122 Å². The molecule has 1 atom stereocenters. The summed E-state index contributed by atoms with van der Waals surface area (Å²) in [6, 6.07) is 8.49. The SMILES string of the molecule is COc1ccc(CCCN2CCC3(CCNC3)C2)cc1. The number of hydrogen-bond donors (Lipinski definition) is 1. The van der Waals surface area contributed by atoms with Gasteiger partial charge in [-0.15, -0.1) is 0 Å². The maximum atomic E-state index is 5.19. The molecule has 1 N–H and O–H groups in total. The zero-order valence-corrected chi connectivity index (χ0v) is 12.5. The van der Waals surface area contributed by atoms with Crippen LogP contribution in [0.3, 0.4) is 0 Å².